The van der Waals surface area contributed by atoms with Crippen LogP contribution in [0.1, 0.15) is 42.8 Å². The van der Waals surface area contributed by atoms with Crippen molar-refractivity contribution < 1.29 is 9.23 Å². The highest BCUT2D eigenvalue weighted by molar-refractivity contribution is 7.10. The molecular weight excluding hydrogens is 361 g/mol. The Morgan fingerprint density at radius 1 is 1.37 bits per heavy atom. The highest BCUT2D eigenvalue weighted by Gasteiger charge is 2.43. The summed E-state index contributed by atoms with van der Waals surface area (Å²) in [7, 11) is 1.58. The zero-order chi connectivity index (χ0) is 19.5. The first-order chi connectivity index (χ1) is 12.8. The van der Waals surface area contributed by atoms with Gasteiger partial charge in [-0.05, 0) is 70.3 Å². The maximum atomic E-state index is 13.3. The Labute approximate surface area is 165 Å². The van der Waals surface area contributed by atoms with E-state index in [0.717, 1.165) is 42.9 Å². The molecule has 0 saturated carbocycles. The number of aromatic nitrogens is 1. The molecule has 1 unspecified atom stereocenters. The molecule has 0 spiro atoms. The number of nitrogens with zero attached hydrogens (tertiary/aromatic N) is 3. The number of likely N-dealkylation sites (tertiary alicyclic amines) is 1. The Kier molecular flexibility index (Phi) is 5.96. The van der Waals surface area contributed by atoms with Crippen LogP contribution in [0.3, 0.4) is 0 Å². The fraction of sp³-hybridized carbons (Fsp3) is 0.524. The number of aryl methyl sites for hydroxylation is 2. The third kappa shape index (κ3) is 4.55. The van der Waals surface area contributed by atoms with Crippen molar-refractivity contribution in [1.82, 2.24) is 9.88 Å². The first-order valence-corrected chi connectivity index (χ1v) is 10.2. The quantitative estimate of drug-likeness (QED) is 0.505. The number of hydrogen-bond donors (Lipinski definition) is 0. The summed E-state index contributed by atoms with van der Waals surface area (Å²) in [5.74, 6) is 0. The molecule has 2 aromatic rings. The molecule has 2 aromatic heterocycles. The smallest absolute Gasteiger partial charge is 0.176 e. The summed E-state index contributed by atoms with van der Waals surface area (Å²) < 4.78 is 13.3. The molecule has 1 atom stereocenters. The maximum absolute atomic E-state index is 13.3. The molecule has 0 N–H and O–H groups in total. The van der Waals surface area contributed by atoms with Gasteiger partial charge in [-0.1, -0.05) is 11.2 Å². The van der Waals surface area contributed by atoms with Crippen molar-refractivity contribution in [2.45, 2.75) is 45.6 Å². The van der Waals surface area contributed by atoms with Crippen LogP contribution < -0.4 is 0 Å². The molecule has 0 aromatic carbocycles. The Balaban J connectivity index is 1.76. The molecular formula is C21H28FN3OS. The molecule has 0 aliphatic carbocycles. The minimum atomic E-state index is -0.120. The number of hydrogen-bond acceptors (Lipinski definition) is 5. The van der Waals surface area contributed by atoms with Gasteiger partial charge in [0.2, 0.25) is 0 Å². The minimum Gasteiger partial charge on any atom is -0.399 e. The predicted octanol–water partition coefficient (Wildman–Crippen LogP) is 4.78. The molecule has 3 heterocycles. The van der Waals surface area contributed by atoms with Gasteiger partial charge in [0.15, 0.2) is 5.13 Å². The lowest BCUT2D eigenvalue weighted by molar-refractivity contribution is 0.141. The van der Waals surface area contributed by atoms with Crippen LogP contribution in [0.5, 0.6) is 0 Å². The minimum absolute atomic E-state index is 0.0636. The highest BCUT2D eigenvalue weighted by Crippen LogP contribution is 2.40. The largest absolute Gasteiger partial charge is 0.399 e. The monoisotopic (exact) mass is 389 g/mol. The van der Waals surface area contributed by atoms with E-state index in [1.165, 1.54) is 16.9 Å². The van der Waals surface area contributed by atoms with Gasteiger partial charge in [0.05, 0.1) is 6.21 Å². The van der Waals surface area contributed by atoms with Crippen LogP contribution in [0.4, 0.5) is 4.39 Å². The molecule has 0 bridgehead atoms. The normalized spacial score (nSPS) is 21.2. The summed E-state index contributed by atoms with van der Waals surface area (Å²) in [6.45, 7) is 8.38. The van der Waals surface area contributed by atoms with Gasteiger partial charge in [-0.25, -0.2) is 0 Å². The van der Waals surface area contributed by atoms with Crippen LogP contribution in [0.25, 0.3) is 0 Å². The molecule has 1 aliphatic rings. The summed E-state index contributed by atoms with van der Waals surface area (Å²) in [6, 6.07) is 7.66. The number of thiophene rings is 1. The van der Waals surface area contributed by atoms with Crippen LogP contribution >= 0.6 is 11.3 Å². The molecule has 1 saturated heterocycles. The summed E-state index contributed by atoms with van der Waals surface area (Å²) in [4.78, 5) is 13.0. The SMILES string of the molecule is CO/N=C/C1(CCc2ccc(F)s2)CCN(C(C)(C)c2ccc(C)nc2)C1. The Hall–Kier alpha value is -1.79. The number of oxime groups is 1. The summed E-state index contributed by atoms with van der Waals surface area (Å²) >= 11 is 1.23. The van der Waals surface area contributed by atoms with Crippen molar-refractivity contribution >= 4 is 17.6 Å². The highest BCUT2D eigenvalue weighted by atomic mass is 32.1. The molecule has 3 rings (SSSR count). The van der Waals surface area contributed by atoms with E-state index < -0.39 is 0 Å². The van der Waals surface area contributed by atoms with Crippen molar-refractivity contribution in [1.29, 1.82) is 0 Å². The topological polar surface area (TPSA) is 37.7 Å². The molecule has 27 heavy (non-hydrogen) atoms. The zero-order valence-corrected chi connectivity index (χ0v) is 17.4. The van der Waals surface area contributed by atoms with Gasteiger partial charge in [-0.15, -0.1) is 11.3 Å². The second-order valence-electron chi connectivity index (χ2n) is 7.90. The van der Waals surface area contributed by atoms with E-state index in [9.17, 15) is 4.39 Å². The number of halogens is 1. The molecule has 1 fully saturated rings. The number of rotatable bonds is 7. The van der Waals surface area contributed by atoms with Crippen LogP contribution in [-0.4, -0.2) is 36.3 Å². The fourth-order valence-corrected chi connectivity index (χ4v) is 4.51. The van der Waals surface area contributed by atoms with E-state index in [4.69, 9.17) is 4.84 Å². The third-order valence-electron chi connectivity index (χ3n) is 5.72. The van der Waals surface area contributed by atoms with Crippen LogP contribution in [-0.2, 0) is 16.8 Å². The van der Waals surface area contributed by atoms with Gasteiger partial charge >= 0.3 is 0 Å². The van der Waals surface area contributed by atoms with Gasteiger partial charge in [0.25, 0.3) is 0 Å². The van der Waals surface area contributed by atoms with Crippen molar-refractivity contribution in [3.63, 3.8) is 0 Å². The van der Waals surface area contributed by atoms with Crippen molar-refractivity contribution in [2.24, 2.45) is 10.6 Å². The van der Waals surface area contributed by atoms with Gasteiger partial charge in [0.1, 0.15) is 7.11 Å². The lowest BCUT2D eigenvalue weighted by Crippen LogP contribution is -2.42. The van der Waals surface area contributed by atoms with Gasteiger partial charge < -0.3 is 4.84 Å². The van der Waals surface area contributed by atoms with Crippen molar-refractivity contribution in [3.8, 4) is 0 Å². The van der Waals surface area contributed by atoms with Gasteiger partial charge in [-0.3, -0.25) is 9.88 Å². The van der Waals surface area contributed by atoms with E-state index in [1.54, 1.807) is 13.2 Å². The first-order valence-electron chi connectivity index (χ1n) is 9.35. The zero-order valence-electron chi connectivity index (χ0n) is 16.5. The third-order valence-corrected chi connectivity index (χ3v) is 6.66. The summed E-state index contributed by atoms with van der Waals surface area (Å²) in [5, 5.41) is 3.99. The average molecular weight is 390 g/mol. The van der Waals surface area contributed by atoms with Crippen LogP contribution in [0.2, 0.25) is 0 Å². The molecule has 0 amide bonds. The summed E-state index contributed by atoms with van der Waals surface area (Å²) in [5.41, 5.74) is 2.07. The van der Waals surface area contributed by atoms with E-state index in [2.05, 4.69) is 41.0 Å². The average Bonchev–Trinajstić information content (AvgIpc) is 3.26. The second kappa shape index (κ2) is 8.07. The summed E-state index contributed by atoms with van der Waals surface area (Å²) in [6.07, 6.45) is 6.73. The molecule has 0 radical (unpaired) electrons. The van der Waals surface area contributed by atoms with E-state index in [-0.39, 0.29) is 16.1 Å². The number of pyridine rings is 1. The first kappa shape index (κ1) is 20.0. The molecule has 4 nitrogen and oxygen atoms in total. The van der Waals surface area contributed by atoms with E-state index >= 15 is 0 Å². The molecule has 1 aliphatic heterocycles. The molecule has 146 valence electrons. The van der Waals surface area contributed by atoms with E-state index in [1.807, 2.05) is 25.4 Å². The predicted molar refractivity (Wildman–Crippen MR) is 109 cm³/mol. The van der Waals surface area contributed by atoms with E-state index in [0.29, 0.717) is 0 Å². The maximum Gasteiger partial charge on any atom is 0.176 e. The Morgan fingerprint density at radius 3 is 2.81 bits per heavy atom. The second-order valence-corrected chi connectivity index (χ2v) is 9.02. The fourth-order valence-electron chi connectivity index (χ4n) is 3.78. The standard InChI is InChI=1S/C21H28FN3OS/c1-16-5-6-17(13-23-16)20(2,3)25-12-11-21(15-25,14-24-26-4)10-9-18-7-8-19(22)27-18/h5-8,13-14H,9-12,15H2,1-4H3/b24-14+. The van der Waals surface area contributed by atoms with Crippen molar-refractivity contribution in [3.05, 3.63) is 51.7 Å². The van der Waals surface area contributed by atoms with Crippen molar-refractivity contribution in [2.75, 3.05) is 20.2 Å². The molecule has 6 heteroatoms. The van der Waals surface area contributed by atoms with Crippen LogP contribution in [0.15, 0.2) is 35.6 Å². The lowest BCUT2D eigenvalue weighted by Gasteiger charge is -2.37. The lowest BCUT2D eigenvalue weighted by atomic mass is 9.83. The van der Waals surface area contributed by atoms with Gasteiger partial charge in [0, 0.05) is 34.3 Å². The van der Waals surface area contributed by atoms with Crippen LogP contribution in [0, 0.1) is 17.5 Å². The van der Waals surface area contributed by atoms with Gasteiger partial charge in [-0.2, -0.15) is 4.39 Å². The Bertz CT molecular complexity index is 787. The Morgan fingerprint density at radius 2 is 2.19 bits per heavy atom.